The molecule has 1 heterocycles. The first-order valence-corrected chi connectivity index (χ1v) is 7.03. The van der Waals surface area contributed by atoms with E-state index in [0.29, 0.717) is 5.92 Å². The number of hydrogen-bond acceptors (Lipinski definition) is 2. The Morgan fingerprint density at radius 1 is 1.15 bits per heavy atom. The van der Waals surface area contributed by atoms with Gasteiger partial charge in [0.25, 0.3) is 0 Å². The average Bonchev–Trinajstić information content (AvgIpc) is 2.91. The van der Waals surface area contributed by atoms with Crippen molar-refractivity contribution < 1.29 is 4.39 Å². The number of nitrogens with zero attached hydrogens (tertiary/aromatic N) is 1. The second-order valence-corrected chi connectivity index (χ2v) is 5.49. The van der Waals surface area contributed by atoms with Crippen LogP contribution in [0.2, 0.25) is 0 Å². The summed E-state index contributed by atoms with van der Waals surface area (Å²) >= 11 is 0. The molecule has 3 heteroatoms. The van der Waals surface area contributed by atoms with Crippen LogP contribution in [0.1, 0.15) is 23.5 Å². The van der Waals surface area contributed by atoms with E-state index in [1.54, 1.807) is 12.1 Å². The van der Waals surface area contributed by atoms with Crippen molar-refractivity contribution in [2.24, 2.45) is 0 Å². The molecule has 2 aromatic carbocycles. The van der Waals surface area contributed by atoms with E-state index in [0.717, 1.165) is 31.6 Å². The van der Waals surface area contributed by atoms with Gasteiger partial charge >= 0.3 is 0 Å². The first-order valence-electron chi connectivity index (χ1n) is 7.03. The number of nitrogens with two attached hydrogens (primary N) is 1. The lowest BCUT2D eigenvalue weighted by atomic mass is 9.98. The molecule has 1 saturated heterocycles. The smallest absolute Gasteiger partial charge is 0.146 e. The van der Waals surface area contributed by atoms with Gasteiger partial charge in [-0.15, -0.1) is 0 Å². The minimum Gasteiger partial charge on any atom is -0.396 e. The van der Waals surface area contributed by atoms with Gasteiger partial charge in [-0.05, 0) is 42.1 Å². The fourth-order valence-electron chi connectivity index (χ4n) is 2.89. The molecule has 104 valence electrons. The van der Waals surface area contributed by atoms with Crippen molar-refractivity contribution in [1.82, 2.24) is 4.90 Å². The van der Waals surface area contributed by atoms with Gasteiger partial charge in [0.1, 0.15) is 5.82 Å². The second kappa shape index (κ2) is 5.63. The maximum absolute atomic E-state index is 13.5. The van der Waals surface area contributed by atoms with Crippen molar-refractivity contribution in [3.05, 3.63) is 65.5 Å². The molecule has 0 spiro atoms. The number of rotatable bonds is 3. The molecule has 0 aromatic heterocycles. The summed E-state index contributed by atoms with van der Waals surface area (Å²) in [4.78, 5) is 2.42. The van der Waals surface area contributed by atoms with E-state index in [2.05, 4.69) is 29.2 Å². The number of anilines is 1. The van der Waals surface area contributed by atoms with Gasteiger partial charge in [-0.2, -0.15) is 0 Å². The molecule has 0 amide bonds. The molecule has 1 aliphatic rings. The second-order valence-electron chi connectivity index (χ2n) is 5.49. The first-order chi connectivity index (χ1) is 9.72. The summed E-state index contributed by atoms with van der Waals surface area (Å²) in [6.45, 7) is 3.01. The van der Waals surface area contributed by atoms with Crippen LogP contribution in [0.5, 0.6) is 0 Å². The molecule has 3 rings (SSSR count). The van der Waals surface area contributed by atoms with E-state index in [1.807, 2.05) is 12.1 Å². The average molecular weight is 270 g/mol. The Balaban J connectivity index is 1.66. The predicted molar refractivity (Wildman–Crippen MR) is 79.9 cm³/mol. The SMILES string of the molecule is Nc1ccc([C@H]2CCN(Cc3ccccc3)C2)cc1F. The van der Waals surface area contributed by atoms with Gasteiger partial charge in [0, 0.05) is 13.1 Å². The van der Waals surface area contributed by atoms with E-state index in [4.69, 9.17) is 5.73 Å². The highest BCUT2D eigenvalue weighted by Gasteiger charge is 2.24. The molecule has 0 bridgehead atoms. The Labute approximate surface area is 119 Å². The van der Waals surface area contributed by atoms with Gasteiger partial charge in [-0.1, -0.05) is 36.4 Å². The molecular weight excluding hydrogens is 251 g/mol. The van der Waals surface area contributed by atoms with Gasteiger partial charge in [-0.3, -0.25) is 4.90 Å². The maximum atomic E-state index is 13.5. The van der Waals surface area contributed by atoms with E-state index in [9.17, 15) is 4.39 Å². The standard InChI is InChI=1S/C17H19FN2/c18-16-10-14(6-7-17(16)19)15-8-9-20(12-15)11-13-4-2-1-3-5-13/h1-7,10,15H,8-9,11-12,19H2/t15-/m0/s1. The lowest BCUT2D eigenvalue weighted by molar-refractivity contribution is 0.327. The van der Waals surface area contributed by atoms with Gasteiger partial charge in [0.15, 0.2) is 0 Å². The monoisotopic (exact) mass is 270 g/mol. The summed E-state index contributed by atoms with van der Waals surface area (Å²) in [6, 6.07) is 15.7. The minimum atomic E-state index is -0.302. The molecule has 0 unspecified atom stereocenters. The quantitative estimate of drug-likeness (QED) is 0.866. The van der Waals surface area contributed by atoms with Crippen molar-refractivity contribution in [2.75, 3.05) is 18.8 Å². The molecule has 2 aromatic rings. The summed E-state index contributed by atoms with van der Waals surface area (Å²) < 4.78 is 13.5. The Bertz CT molecular complexity index is 583. The van der Waals surface area contributed by atoms with Crippen LogP contribution in [-0.4, -0.2) is 18.0 Å². The Morgan fingerprint density at radius 2 is 1.95 bits per heavy atom. The lowest BCUT2D eigenvalue weighted by Gasteiger charge is -2.16. The van der Waals surface area contributed by atoms with Gasteiger partial charge < -0.3 is 5.73 Å². The normalized spacial score (nSPS) is 19.4. The van der Waals surface area contributed by atoms with Gasteiger partial charge in [-0.25, -0.2) is 4.39 Å². The van der Waals surface area contributed by atoms with Crippen LogP contribution in [-0.2, 0) is 6.54 Å². The van der Waals surface area contributed by atoms with E-state index < -0.39 is 0 Å². The predicted octanol–water partition coefficient (Wildman–Crippen LogP) is 3.40. The number of likely N-dealkylation sites (tertiary alicyclic amines) is 1. The topological polar surface area (TPSA) is 29.3 Å². The molecule has 0 aliphatic carbocycles. The first kappa shape index (κ1) is 13.1. The molecular formula is C17H19FN2. The zero-order valence-corrected chi connectivity index (χ0v) is 11.4. The van der Waals surface area contributed by atoms with Crippen molar-refractivity contribution in [1.29, 1.82) is 0 Å². The summed E-state index contributed by atoms with van der Waals surface area (Å²) in [5.41, 5.74) is 8.15. The highest BCUT2D eigenvalue weighted by molar-refractivity contribution is 5.42. The van der Waals surface area contributed by atoms with Crippen molar-refractivity contribution >= 4 is 5.69 Å². The summed E-state index contributed by atoms with van der Waals surface area (Å²) in [7, 11) is 0. The highest BCUT2D eigenvalue weighted by atomic mass is 19.1. The third kappa shape index (κ3) is 2.83. The molecule has 1 aliphatic heterocycles. The number of hydrogen-bond donors (Lipinski definition) is 1. The zero-order chi connectivity index (χ0) is 13.9. The number of benzene rings is 2. The Kier molecular flexibility index (Phi) is 3.70. The zero-order valence-electron chi connectivity index (χ0n) is 11.4. The van der Waals surface area contributed by atoms with Crippen LogP contribution in [0.25, 0.3) is 0 Å². The maximum Gasteiger partial charge on any atom is 0.146 e. The molecule has 20 heavy (non-hydrogen) atoms. The molecule has 1 atom stereocenters. The summed E-state index contributed by atoms with van der Waals surface area (Å²) in [6.07, 6.45) is 1.08. The fourth-order valence-corrected chi connectivity index (χ4v) is 2.89. The molecule has 1 fully saturated rings. The largest absolute Gasteiger partial charge is 0.396 e. The van der Waals surface area contributed by atoms with Crippen LogP contribution in [0, 0.1) is 5.82 Å². The van der Waals surface area contributed by atoms with Crippen molar-refractivity contribution in [3.8, 4) is 0 Å². The van der Waals surface area contributed by atoms with Crippen LogP contribution in [0.3, 0.4) is 0 Å². The third-order valence-corrected chi connectivity index (χ3v) is 4.02. The van der Waals surface area contributed by atoms with Crippen molar-refractivity contribution in [3.63, 3.8) is 0 Å². The van der Waals surface area contributed by atoms with Crippen molar-refractivity contribution in [2.45, 2.75) is 18.9 Å². The van der Waals surface area contributed by atoms with Gasteiger partial charge in [0.2, 0.25) is 0 Å². The summed E-state index contributed by atoms with van der Waals surface area (Å²) in [5, 5.41) is 0. The van der Waals surface area contributed by atoms with E-state index in [-0.39, 0.29) is 11.5 Å². The van der Waals surface area contributed by atoms with Crippen LogP contribution in [0.4, 0.5) is 10.1 Å². The lowest BCUT2D eigenvalue weighted by Crippen LogP contribution is -2.19. The van der Waals surface area contributed by atoms with Crippen LogP contribution >= 0.6 is 0 Å². The molecule has 2 N–H and O–H groups in total. The molecule has 2 nitrogen and oxygen atoms in total. The third-order valence-electron chi connectivity index (χ3n) is 4.02. The fraction of sp³-hybridized carbons (Fsp3) is 0.294. The highest BCUT2D eigenvalue weighted by Crippen LogP contribution is 2.29. The number of halogens is 1. The Hall–Kier alpha value is -1.87. The molecule has 0 radical (unpaired) electrons. The molecule has 0 saturated carbocycles. The van der Waals surface area contributed by atoms with Crippen LogP contribution in [0.15, 0.2) is 48.5 Å². The van der Waals surface area contributed by atoms with Crippen LogP contribution < -0.4 is 5.73 Å². The van der Waals surface area contributed by atoms with E-state index >= 15 is 0 Å². The van der Waals surface area contributed by atoms with Gasteiger partial charge in [0.05, 0.1) is 5.69 Å². The minimum absolute atomic E-state index is 0.230. The van der Waals surface area contributed by atoms with E-state index in [1.165, 1.54) is 5.56 Å². The summed E-state index contributed by atoms with van der Waals surface area (Å²) in [5.74, 6) is 0.109. The number of nitrogen functional groups attached to an aromatic ring is 1. The Morgan fingerprint density at radius 3 is 2.70 bits per heavy atom.